The number of nitrogens with one attached hydrogen (secondary N) is 2. The van der Waals surface area contributed by atoms with Crippen molar-refractivity contribution in [2.75, 3.05) is 48.9 Å². The zero-order chi connectivity index (χ0) is 36.5. The first-order valence-corrected chi connectivity index (χ1v) is 16.4. The van der Waals surface area contributed by atoms with Gasteiger partial charge in [-0.05, 0) is 146 Å². The highest BCUT2D eigenvalue weighted by atomic mass is 16.5. The summed E-state index contributed by atoms with van der Waals surface area (Å²) in [6.45, 7) is 0. The molecule has 6 aromatic carbocycles. The summed E-state index contributed by atoms with van der Waals surface area (Å²) in [4.78, 5) is 30.0. The molecule has 2 N–H and O–H groups in total. The van der Waals surface area contributed by atoms with Crippen LogP contribution in [0.1, 0.15) is 0 Å². The molecule has 0 fully saturated rings. The van der Waals surface area contributed by atoms with Gasteiger partial charge in [-0.2, -0.15) is 0 Å². The molecule has 262 valence electrons. The summed E-state index contributed by atoms with van der Waals surface area (Å²) < 4.78 is 21.4. The SMILES string of the molecule is COc1ccc(N(c2ccc(NC(=O)C(=O)Nc3ccc(N(c4ccc(OC)cc4)c4ccc(OC)cc4)cc3)cc2)c2ccc(OC)cc2)cc1. The summed E-state index contributed by atoms with van der Waals surface area (Å²) in [6.07, 6.45) is 0. The second kappa shape index (κ2) is 16.2. The van der Waals surface area contributed by atoms with Crippen molar-refractivity contribution in [3.8, 4) is 23.0 Å². The van der Waals surface area contributed by atoms with Crippen LogP contribution in [-0.4, -0.2) is 40.3 Å². The summed E-state index contributed by atoms with van der Waals surface area (Å²) in [6, 6.07) is 45.4. The quantitative estimate of drug-likeness (QED) is 0.122. The molecule has 10 heteroatoms. The van der Waals surface area contributed by atoms with Crippen molar-refractivity contribution < 1.29 is 28.5 Å². The number of anilines is 8. The van der Waals surface area contributed by atoms with Gasteiger partial charge in [0.15, 0.2) is 0 Å². The largest absolute Gasteiger partial charge is 0.497 e. The molecule has 0 atom stereocenters. The molecule has 0 aromatic heterocycles. The normalized spacial score (nSPS) is 10.5. The predicted molar refractivity (Wildman–Crippen MR) is 206 cm³/mol. The van der Waals surface area contributed by atoms with E-state index < -0.39 is 11.8 Å². The van der Waals surface area contributed by atoms with E-state index in [2.05, 4.69) is 20.4 Å². The third-order valence-electron chi connectivity index (χ3n) is 8.30. The van der Waals surface area contributed by atoms with Gasteiger partial charge in [-0.1, -0.05) is 0 Å². The van der Waals surface area contributed by atoms with Crippen molar-refractivity contribution in [2.45, 2.75) is 0 Å². The maximum absolute atomic E-state index is 13.0. The lowest BCUT2D eigenvalue weighted by Gasteiger charge is -2.26. The van der Waals surface area contributed by atoms with Gasteiger partial charge in [0.2, 0.25) is 0 Å². The van der Waals surface area contributed by atoms with Crippen LogP contribution in [0.5, 0.6) is 23.0 Å². The fourth-order valence-corrected chi connectivity index (χ4v) is 5.58. The molecule has 6 rings (SSSR count). The minimum absolute atomic E-state index is 0.471. The van der Waals surface area contributed by atoms with Gasteiger partial charge in [-0.25, -0.2) is 0 Å². The Hall–Kier alpha value is -6.94. The number of amides is 2. The summed E-state index contributed by atoms with van der Waals surface area (Å²) in [5.74, 6) is 1.39. The van der Waals surface area contributed by atoms with Gasteiger partial charge in [-0.3, -0.25) is 9.59 Å². The number of ether oxygens (including phenoxy) is 4. The lowest BCUT2D eigenvalue weighted by atomic mass is 10.1. The maximum Gasteiger partial charge on any atom is 0.314 e. The van der Waals surface area contributed by atoms with Crippen molar-refractivity contribution in [3.05, 3.63) is 146 Å². The van der Waals surface area contributed by atoms with E-state index in [1.165, 1.54) is 0 Å². The van der Waals surface area contributed by atoms with Gasteiger partial charge < -0.3 is 39.4 Å². The van der Waals surface area contributed by atoms with Crippen LogP contribution in [-0.2, 0) is 9.59 Å². The molecule has 0 radical (unpaired) electrons. The monoisotopic (exact) mass is 694 g/mol. The average molecular weight is 695 g/mol. The van der Waals surface area contributed by atoms with E-state index in [1.807, 2.05) is 121 Å². The molecule has 6 aromatic rings. The number of methoxy groups -OCH3 is 4. The Balaban J connectivity index is 1.15. The predicted octanol–water partition coefficient (Wildman–Crippen LogP) is 9.24. The first-order valence-electron chi connectivity index (χ1n) is 16.4. The molecule has 0 heterocycles. The fraction of sp³-hybridized carbons (Fsp3) is 0.0952. The van der Waals surface area contributed by atoms with Crippen molar-refractivity contribution in [1.29, 1.82) is 0 Å². The van der Waals surface area contributed by atoms with Crippen LogP contribution in [0.25, 0.3) is 0 Å². The summed E-state index contributed by atoms with van der Waals surface area (Å²) in [5, 5.41) is 5.40. The number of benzene rings is 6. The zero-order valence-corrected chi connectivity index (χ0v) is 29.2. The first kappa shape index (κ1) is 34.9. The van der Waals surface area contributed by atoms with E-state index in [1.54, 1.807) is 52.7 Å². The third kappa shape index (κ3) is 8.09. The Morgan fingerprint density at radius 1 is 0.346 bits per heavy atom. The van der Waals surface area contributed by atoms with E-state index in [-0.39, 0.29) is 0 Å². The van der Waals surface area contributed by atoms with Crippen LogP contribution in [0.2, 0.25) is 0 Å². The number of carbonyl (C=O) groups excluding carboxylic acids is 2. The Kier molecular flexibility index (Phi) is 10.9. The van der Waals surface area contributed by atoms with E-state index in [0.29, 0.717) is 11.4 Å². The molecule has 0 unspecified atom stereocenters. The summed E-state index contributed by atoms with van der Waals surface area (Å²) in [7, 11) is 6.51. The van der Waals surface area contributed by atoms with Crippen LogP contribution < -0.4 is 39.4 Å². The van der Waals surface area contributed by atoms with E-state index in [4.69, 9.17) is 18.9 Å². The smallest absolute Gasteiger partial charge is 0.314 e. The molecule has 52 heavy (non-hydrogen) atoms. The van der Waals surface area contributed by atoms with Gasteiger partial charge in [0, 0.05) is 45.5 Å². The Morgan fingerprint density at radius 3 is 0.731 bits per heavy atom. The second-order valence-electron chi connectivity index (χ2n) is 11.5. The standard InChI is InChI=1S/C42H38N4O6/c1-49-37-21-13-33(14-22-37)45(34-15-23-38(50-2)24-16-34)31-9-5-29(6-10-31)43-41(47)42(48)44-30-7-11-32(12-8-30)46(35-17-25-39(51-3)26-18-35)36-19-27-40(52-4)28-20-36/h5-28H,1-4H3,(H,43,47)(H,44,48). The van der Waals surface area contributed by atoms with Crippen LogP contribution in [0.4, 0.5) is 45.5 Å². The number of carbonyl (C=O) groups is 2. The van der Waals surface area contributed by atoms with E-state index in [9.17, 15) is 9.59 Å². The lowest BCUT2D eigenvalue weighted by Crippen LogP contribution is -2.29. The fourth-order valence-electron chi connectivity index (χ4n) is 5.58. The van der Waals surface area contributed by atoms with Crippen molar-refractivity contribution in [1.82, 2.24) is 0 Å². The van der Waals surface area contributed by atoms with Crippen LogP contribution in [0.3, 0.4) is 0 Å². The van der Waals surface area contributed by atoms with Crippen LogP contribution >= 0.6 is 0 Å². The van der Waals surface area contributed by atoms with Gasteiger partial charge in [0.05, 0.1) is 28.4 Å². The molecular formula is C42H38N4O6. The zero-order valence-electron chi connectivity index (χ0n) is 29.2. The Labute approximate surface area is 302 Å². The van der Waals surface area contributed by atoms with Gasteiger partial charge >= 0.3 is 11.8 Å². The topological polar surface area (TPSA) is 102 Å². The molecule has 10 nitrogen and oxygen atoms in total. The number of nitrogens with zero attached hydrogens (tertiary/aromatic N) is 2. The van der Waals surface area contributed by atoms with E-state index >= 15 is 0 Å². The molecule has 0 aliphatic rings. The Morgan fingerprint density at radius 2 is 0.538 bits per heavy atom. The molecule has 0 aliphatic heterocycles. The highest BCUT2D eigenvalue weighted by molar-refractivity contribution is 6.43. The second-order valence-corrected chi connectivity index (χ2v) is 11.5. The van der Waals surface area contributed by atoms with Crippen molar-refractivity contribution in [2.24, 2.45) is 0 Å². The molecule has 0 saturated carbocycles. The van der Waals surface area contributed by atoms with Gasteiger partial charge in [-0.15, -0.1) is 0 Å². The molecule has 0 aliphatic carbocycles. The Bertz CT molecular complexity index is 1840. The highest BCUT2D eigenvalue weighted by Crippen LogP contribution is 2.38. The summed E-state index contributed by atoms with van der Waals surface area (Å²) in [5.41, 5.74) is 6.26. The highest BCUT2D eigenvalue weighted by Gasteiger charge is 2.18. The molecule has 0 spiro atoms. The molecular weight excluding hydrogens is 656 g/mol. The van der Waals surface area contributed by atoms with Crippen molar-refractivity contribution >= 4 is 57.3 Å². The summed E-state index contributed by atoms with van der Waals surface area (Å²) >= 11 is 0. The van der Waals surface area contributed by atoms with Gasteiger partial charge in [0.1, 0.15) is 23.0 Å². The average Bonchev–Trinajstić information content (AvgIpc) is 3.20. The van der Waals surface area contributed by atoms with E-state index in [0.717, 1.165) is 57.1 Å². The lowest BCUT2D eigenvalue weighted by molar-refractivity contribution is -0.132. The maximum atomic E-state index is 13.0. The van der Waals surface area contributed by atoms with Crippen LogP contribution in [0, 0.1) is 0 Å². The number of rotatable bonds is 12. The van der Waals surface area contributed by atoms with Crippen LogP contribution in [0.15, 0.2) is 146 Å². The van der Waals surface area contributed by atoms with Gasteiger partial charge in [0.25, 0.3) is 0 Å². The third-order valence-corrected chi connectivity index (χ3v) is 8.30. The molecule has 0 saturated heterocycles. The first-order chi connectivity index (χ1) is 25.4. The number of hydrogen-bond acceptors (Lipinski definition) is 8. The molecule has 2 amide bonds. The minimum Gasteiger partial charge on any atom is -0.497 e. The number of hydrogen-bond donors (Lipinski definition) is 2. The van der Waals surface area contributed by atoms with Crippen molar-refractivity contribution in [3.63, 3.8) is 0 Å². The molecule has 0 bridgehead atoms. The minimum atomic E-state index is -0.794.